The maximum Gasteiger partial charge on any atom is 0.310 e. The van der Waals surface area contributed by atoms with Crippen molar-refractivity contribution < 1.29 is 66.9 Å². The van der Waals surface area contributed by atoms with Gasteiger partial charge in [0.25, 0.3) is 20.2 Å². The van der Waals surface area contributed by atoms with Gasteiger partial charge in [-0.25, -0.2) is 8.42 Å². The lowest BCUT2D eigenvalue weighted by molar-refractivity contribution is -0.144. The van der Waals surface area contributed by atoms with Crippen LogP contribution in [0, 0.1) is 101 Å². The summed E-state index contributed by atoms with van der Waals surface area (Å²) in [5, 5.41) is 5.83. The number of fused-ring (bicyclic) bond motifs is 8. The Balaban J connectivity index is 0.000000146. The predicted molar refractivity (Wildman–Crippen MR) is 422 cm³/mol. The molecule has 25 aliphatic rings. The zero-order valence-corrected chi connectivity index (χ0v) is 71.6. The van der Waals surface area contributed by atoms with Crippen LogP contribution in [0.2, 0.25) is 0 Å². The van der Waals surface area contributed by atoms with Gasteiger partial charge in [-0.1, -0.05) is 125 Å². The number of hydrogen-bond donors (Lipinski definition) is 2. The van der Waals surface area contributed by atoms with Crippen LogP contribution in [-0.2, 0) is 71.7 Å². The Hall–Kier alpha value is -1.49. The molecule has 25 fully saturated rings. The quantitative estimate of drug-likeness (QED) is 0.170. The molecule has 25 rings (SSSR count). The van der Waals surface area contributed by atoms with E-state index in [1.54, 1.807) is 77.0 Å². The van der Waals surface area contributed by atoms with Gasteiger partial charge in [0.2, 0.25) is 0 Å². The monoisotopic (exact) mass is 1540 g/mol. The second-order valence-corrected chi connectivity index (χ2v) is 38.9. The molecule has 0 aromatic heterocycles. The zero-order valence-electron chi connectivity index (χ0n) is 69.2. The predicted octanol–water partition coefficient (Wildman–Crippen LogP) is 17.6. The van der Waals surface area contributed by atoms with Crippen molar-refractivity contribution in [3.63, 3.8) is 0 Å². The summed E-state index contributed by atoms with van der Waals surface area (Å²) in [6, 6.07) is 1.68. The van der Waals surface area contributed by atoms with Crippen molar-refractivity contribution in [1.82, 2.24) is 10.6 Å². The number of esters is 2. The van der Waals surface area contributed by atoms with Crippen LogP contribution in [0.15, 0.2) is 0 Å². The van der Waals surface area contributed by atoms with E-state index in [1.165, 1.54) is 105 Å². The molecule has 26 atom stereocenters. The summed E-state index contributed by atoms with van der Waals surface area (Å²) in [5.41, 5.74) is 0. The van der Waals surface area contributed by atoms with Gasteiger partial charge in [-0.3, -0.25) is 18.0 Å². The lowest BCUT2D eigenvalue weighted by Gasteiger charge is -2.16. The summed E-state index contributed by atoms with van der Waals surface area (Å²) in [4.78, 5) is 21.6. The van der Waals surface area contributed by atoms with E-state index in [4.69, 9.17) is 32.1 Å². The second-order valence-electron chi connectivity index (χ2n) is 33.0. The van der Waals surface area contributed by atoms with Crippen molar-refractivity contribution in [2.24, 2.45) is 101 Å². The third-order valence-corrected chi connectivity index (χ3v) is 34.6. The smallest absolute Gasteiger partial charge is 0.310 e. The topological polar surface area (TPSA) is 225 Å². The van der Waals surface area contributed by atoms with E-state index in [9.17, 15) is 34.8 Å². The van der Waals surface area contributed by atoms with E-state index >= 15 is 0 Å². The van der Waals surface area contributed by atoms with Crippen molar-refractivity contribution in [2.45, 2.75) is 405 Å². The number of hydrogen-bond acceptors (Lipinski definition) is 17. The first-order chi connectivity index (χ1) is 51.0. The lowest BCUT2D eigenvalue weighted by Crippen LogP contribution is -2.27. The fourth-order valence-corrected chi connectivity index (χ4v) is 31.2. The minimum Gasteiger partial charge on any atom is -0.466 e. The molecule has 105 heavy (non-hydrogen) atoms. The Bertz CT molecular complexity index is 2620. The molecule has 2 N–H and O–H groups in total. The second kappa shape index (κ2) is 41.0. The van der Waals surface area contributed by atoms with Gasteiger partial charge in [-0.2, -0.15) is 16.8 Å². The zero-order chi connectivity index (χ0) is 76.8. The van der Waals surface area contributed by atoms with Crippen molar-refractivity contribution >= 4 is 42.0 Å². The highest BCUT2D eigenvalue weighted by Gasteiger charge is 2.67. The molecule has 14 aliphatic heterocycles. The molecule has 11 saturated carbocycles. The third-order valence-electron chi connectivity index (χ3n) is 28.3. The first-order valence-electron chi connectivity index (χ1n) is 44.9. The van der Waals surface area contributed by atoms with Crippen LogP contribution >= 0.6 is 0 Å². The van der Waals surface area contributed by atoms with Crippen molar-refractivity contribution in [1.29, 1.82) is 0 Å². The van der Waals surface area contributed by atoms with Crippen molar-refractivity contribution in [3.8, 4) is 0 Å². The number of cyclic esters (lactones) is 1. The highest BCUT2D eigenvalue weighted by Crippen LogP contribution is 2.61. The fourth-order valence-electron chi connectivity index (χ4n) is 24.9. The number of carbonyl (C=O) groups is 2. The largest absolute Gasteiger partial charge is 0.466 e. The Kier molecular flexibility index (Phi) is 34.8. The summed E-state index contributed by atoms with van der Waals surface area (Å²) < 4.78 is 104. The maximum absolute atomic E-state index is 11.5. The van der Waals surface area contributed by atoms with Crippen LogP contribution in [0.25, 0.3) is 0 Å². The SMILES string of the molecule is C1CC2CC3CC1C2C3.C1CC2CC3CC1C2C3.C1CC2CC3CC1C2O3.C1NC2CC3CC1C2C3.C1NC2CC3CC1C2O3.CC.CC.CC.CC.CC.CC.CC.CC.CC.O=C1CCCCCO1.O=C1OC2CC3CC1C2S3(=O)=O.O=S1(=O)OC2CC3CC1C2O3.O=S1(=O)OC2CC3CC2C1C3. The molecule has 11 aliphatic carbocycles. The third kappa shape index (κ3) is 19.5. The number of rotatable bonds is 0. The van der Waals surface area contributed by atoms with Crippen LogP contribution in [0.4, 0.5) is 0 Å². The van der Waals surface area contributed by atoms with Crippen LogP contribution in [0.1, 0.15) is 317 Å². The maximum atomic E-state index is 11.5. The number of carbonyl (C=O) groups excluding carboxylic acids is 2. The van der Waals surface area contributed by atoms with Gasteiger partial charge in [0.15, 0.2) is 9.84 Å². The molecule has 612 valence electrons. The number of ether oxygens (including phenoxy) is 5. The van der Waals surface area contributed by atoms with Gasteiger partial charge in [0.05, 0.1) is 59.6 Å². The first kappa shape index (κ1) is 89.1. The van der Waals surface area contributed by atoms with Gasteiger partial charge in [-0.05, 0) is 263 Å². The van der Waals surface area contributed by atoms with Gasteiger partial charge < -0.3 is 34.3 Å². The Morgan fingerprint density at radius 3 is 1.25 bits per heavy atom. The molecular formula is C85H154N2O15S3. The number of sulfone groups is 1. The summed E-state index contributed by atoms with van der Waals surface area (Å²) in [6.07, 6.45) is 40.4. The minimum absolute atomic E-state index is 0.0255. The molecule has 0 radical (unpaired) electrons. The lowest BCUT2D eigenvalue weighted by atomic mass is 9.89. The van der Waals surface area contributed by atoms with E-state index in [0.29, 0.717) is 62.4 Å². The van der Waals surface area contributed by atoms with Crippen molar-refractivity contribution in [2.75, 3.05) is 19.7 Å². The Morgan fingerprint density at radius 2 is 0.819 bits per heavy atom. The average molecular weight is 1540 g/mol. The summed E-state index contributed by atoms with van der Waals surface area (Å²) in [5.74, 6) is 16.1. The van der Waals surface area contributed by atoms with Crippen LogP contribution in [0.5, 0.6) is 0 Å². The van der Waals surface area contributed by atoms with Gasteiger partial charge in [0.1, 0.15) is 28.8 Å². The van der Waals surface area contributed by atoms with Crippen LogP contribution in [0.3, 0.4) is 0 Å². The molecule has 26 unspecified atom stereocenters. The minimum atomic E-state index is -3.26. The van der Waals surface area contributed by atoms with E-state index in [0.717, 1.165) is 98.6 Å². The highest BCUT2D eigenvalue weighted by atomic mass is 32.2. The van der Waals surface area contributed by atoms with Gasteiger partial charge in [0, 0.05) is 49.7 Å². The van der Waals surface area contributed by atoms with Gasteiger partial charge >= 0.3 is 11.9 Å². The average Bonchev–Trinajstić information content (AvgIpc) is 1.54. The molecule has 0 aromatic carbocycles. The molecule has 20 heteroatoms. The fraction of sp³-hybridized carbons (Fsp3) is 0.976. The van der Waals surface area contributed by atoms with E-state index < -0.39 is 35.3 Å². The Labute approximate surface area is 641 Å². The van der Waals surface area contributed by atoms with Crippen LogP contribution < -0.4 is 10.6 Å². The molecule has 14 heterocycles. The molecular weight excluding hydrogens is 1390 g/mol. The summed E-state index contributed by atoms with van der Waals surface area (Å²) >= 11 is 0. The van der Waals surface area contributed by atoms with E-state index in [-0.39, 0.29) is 64.1 Å². The molecule has 0 amide bonds. The molecule has 14 saturated heterocycles. The Morgan fingerprint density at radius 1 is 0.352 bits per heavy atom. The number of nitrogens with one attached hydrogen (secondary N) is 2. The molecule has 0 spiro atoms. The molecule has 16 bridgehead atoms. The normalized spacial score (nSPS) is 46.5. The van der Waals surface area contributed by atoms with E-state index in [1.807, 2.05) is 125 Å². The summed E-state index contributed by atoms with van der Waals surface area (Å²) in [6.45, 7) is 39.2. The standard InChI is InChI=1S/2C9H14.C8H13N.C8H12O.C7H11NO.C7H8O4S.C7H10O3S.C6H8O4S.C6H10O2.9C2H6/c2*1-2-8-4-6-3-7(1)9(8)5-6;1-5-2-7-6(1)4-9-8(7)3-5;1-2-6-4-7-3-5(1)8(6)9-7;1-4-3-8-6-2-5(1)9-7(4)6;8-7-4-1-3-2-5(11-7)6(4)12(3,9)10;8-11(9)7-3-4-1-5(7)6(2-4)10-11;7-11(8)5-2-3-1-4(10-11)6(5)9-3;7-6-4-2-1-3-5-8-6;9*1-2/h2*6-9H,1-5H2;5-9H,1-4H2;5-8H,1-4H2;4-8H,1-3H2;3-6H,1-2H2;4-7H,1-3H2;3-6H,1-2H2;1-5H2;9*1-2H3. The molecule has 17 nitrogen and oxygen atoms in total. The first-order valence-corrected chi connectivity index (χ1v) is 49.4. The highest BCUT2D eigenvalue weighted by molar-refractivity contribution is 7.93. The summed E-state index contributed by atoms with van der Waals surface area (Å²) in [7, 11) is -9.39. The van der Waals surface area contributed by atoms with Crippen LogP contribution in [-0.4, -0.2) is 145 Å². The van der Waals surface area contributed by atoms with E-state index in [2.05, 4.69) is 10.6 Å². The molecule has 0 aromatic rings. The van der Waals surface area contributed by atoms with Crippen molar-refractivity contribution in [3.05, 3.63) is 0 Å². The van der Waals surface area contributed by atoms with Gasteiger partial charge in [-0.15, -0.1) is 0 Å².